The van der Waals surface area contributed by atoms with Crippen molar-refractivity contribution < 1.29 is 9.59 Å². The fourth-order valence-electron chi connectivity index (χ4n) is 3.85. The molecule has 0 N–H and O–H groups in total. The first-order valence-corrected chi connectivity index (χ1v) is 11.7. The van der Waals surface area contributed by atoms with Crippen molar-refractivity contribution in [2.45, 2.75) is 25.3 Å². The Morgan fingerprint density at radius 1 is 1.13 bits per heavy atom. The lowest BCUT2D eigenvalue weighted by molar-refractivity contribution is -0.126. The first kappa shape index (κ1) is 22.0. The summed E-state index contributed by atoms with van der Waals surface area (Å²) in [7, 11) is 0. The summed E-state index contributed by atoms with van der Waals surface area (Å²) in [4.78, 5) is 38.8. The van der Waals surface area contributed by atoms with Crippen LogP contribution < -0.4 is 0 Å². The lowest BCUT2D eigenvalue weighted by Gasteiger charge is -2.39. The Hall–Kier alpha value is -2.22. The van der Waals surface area contributed by atoms with Crippen molar-refractivity contribution in [2.75, 3.05) is 26.2 Å². The van der Waals surface area contributed by atoms with E-state index >= 15 is 0 Å². The maximum absolute atomic E-state index is 13.0. The highest BCUT2D eigenvalue weighted by Gasteiger charge is 2.32. The second kappa shape index (κ2) is 9.51. The molecule has 1 saturated heterocycles. The maximum Gasteiger partial charge on any atom is 0.291 e. The minimum Gasteiger partial charge on any atom is -0.332 e. The third-order valence-electron chi connectivity index (χ3n) is 5.51. The molecule has 0 saturated carbocycles. The van der Waals surface area contributed by atoms with Crippen LogP contribution in [0.4, 0.5) is 0 Å². The van der Waals surface area contributed by atoms with Crippen LogP contribution in [-0.2, 0) is 4.79 Å². The van der Waals surface area contributed by atoms with Crippen molar-refractivity contribution in [2.24, 2.45) is 9.98 Å². The van der Waals surface area contributed by atoms with Crippen LogP contribution in [0.25, 0.3) is 0 Å². The molecule has 2 amide bonds. The topological polar surface area (TPSA) is 65.3 Å². The number of thiophene rings is 1. The summed E-state index contributed by atoms with van der Waals surface area (Å²) in [6, 6.07) is 11.0. The van der Waals surface area contributed by atoms with Crippen LogP contribution in [0.3, 0.4) is 0 Å². The Bertz CT molecular complexity index is 1050. The normalized spacial score (nSPS) is 21.6. The predicted molar refractivity (Wildman–Crippen MR) is 126 cm³/mol. The van der Waals surface area contributed by atoms with Gasteiger partial charge in [-0.2, -0.15) is 0 Å². The summed E-state index contributed by atoms with van der Waals surface area (Å²) in [6.07, 6.45) is 2.56. The van der Waals surface area contributed by atoms with Crippen LogP contribution in [-0.4, -0.2) is 65.9 Å². The quantitative estimate of drug-likeness (QED) is 0.659. The summed E-state index contributed by atoms with van der Waals surface area (Å²) >= 11 is 13.3. The number of carbonyl (C=O) groups is 2. The van der Waals surface area contributed by atoms with E-state index in [1.807, 2.05) is 31.2 Å². The molecule has 2 aromatic rings. The molecule has 3 heterocycles. The van der Waals surface area contributed by atoms with Gasteiger partial charge in [-0.15, -0.1) is 11.3 Å². The van der Waals surface area contributed by atoms with Crippen LogP contribution in [0.1, 0.15) is 34.5 Å². The Labute approximate surface area is 195 Å². The first-order chi connectivity index (χ1) is 14.9. The fraction of sp³-hybridized carbons (Fsp3) is 0.364. The van der Waals surface area contributed by atoms with Gasteiger partial charge >= 0.3 is 0 Å². The fourth-order valence-corrected chi connectivity index (χ4v) is 5.05. The molecule has 0 radical (unpaired) electrons. The van der Waals surface area contributed by atoms with Crippen LogP contribution in [0.15, 0.2) is 46.4 Å². The van der Waals surface area contributed by atoms with Gasteiger partial charge in [0.15, 0.2) is 0 Å². The lowest BCUT2D eigenvalue weighted by Crippen LogP contribution is -2.56. The summed E-state index contributed by atoms with van der Waals surface area (Å²) in [5.41, 5.74) is 1.06. The van der Waals surface area contributed by atoms with E-state index in [0.29, 0.717) is 40.4 Å². The molecule has 0 bridgehead atoms. The Balaban J connectivity index is 1.40. The molecule has 1 fully saturated rings. The van der Waals surface area contributed by atoms with E-state index in [9.17, 15) is 9.59 Å². The molecule has 9 heteroatoms. The second-order valence-electron chi connectivity index (χ2n) is 7.64. The number of carbonyl (C=O) groups excluding carboxylic acids is 2. The second-order valence-corrected chi connectivity index (χ2v) is 9.79. The number of hydrogen-bond acceptors (Lipinski definition) is 5. The van der Waals surface area contributed by atoms with Crippen molar-refractivity contribution in [3.8, 4) is 0 Å². The average molecular weight is 477 g/mol. The molecule has 31 heavy (non-hydrogen) atoms. The molecule has 0 aliphatic carbocycles. The summed E-state index contributed by atoms with van der Waals surface area (Å²) in [6.45, 7) is 3.81. The highest BCUT2D eigenvalue weighted by molar-refractivity contribution is 7.17. The molecular formula is C22H22Cl2N4O2S. The van der Waals surface area contributed by atoms with Gasteiger partial charge in [-0.25, -0.2) is 4.99 Å². The van der Waals surface area contributed by atoms with E-state index in [1.54, 1.807) is 28.1 Å². The smallest absolute Gasteiger partial charge is 0.291 e. The molecule has 2 aliphatic heterocycles. The number of benzene rings is 1. The van der Waals surface area contributed by atoms with E-state index in [0.717, 1.165) is 12.0 Å². The van der Waals surface area contributed by atoms with Crippen molar-refractivity contribution >= 4 is 58.4 Å². The zero-order valence-corrected chi connectivity index (χ0v) is 19.3. The Morgan fingerprint density at radius 3 is 2.68 bits per heavy atom. The van der Waals surface area contributed by atoms with E-state index < -0.39 is 0 Å². The molecule has 162 valence electrons. The Morgan fingerprint density at radius 2 is 1.97 bits per heavy atom. The van der Waals surface area contributed by atoms with E-state index in [-0.39, 0.29) is 29.6 Å². The van der Waals surface area contributed by atoms with Gasteiger partial charge in [-0.05, 0) is 43.2 Å². The number of rotatable bonds is 3. The largest absolute Gasteiger partial charge is 0.332 e. The molecule has 6 nitrogen and oxygen atoms in total. The molecular weight excluding hydrogens is 455 g/mol. The van der Waals surface area contributed by atoms with E-state index in [1.165, 1.54) is 11.3 Å². The summed E-state index contributed by atoms with van der Waals surface area (Å²) in [5.74, 6) is 0.0482. The molecule has 2 aliphatic rings. The van der Waals surface area contributed by atoms with Crippen molar-refractivity contribution in [1.82, 2.24) is 9.80 Å². The van der Waals surface area contributed by atoms with Crippen molar-refractivity contribution in [1.29, 1.82) is 0 Å². The minimum absolute atomic E-state index is 0.0503. The molecule has 4 rings (SSSR count). The maximum atomic E-state index is 13.0. The minimum atomic E-state index is -0.193. The third kappa shape index (κ3) is 5.00. The number of amides is 2. The molecule has 1 aromatic carbocycles. The van der Waals surface area contributed by atoms with Crippen molar-refractivity contribution in [3.63, 3.8) is 0 Å². The summed E-state index contributed by atoms with van der Waals surface area (Å²) in [5, 5.41) is 0.679. The number of hydrogen-bond donors (Lipinski definition) is 0. The van der Waals surface area contributed by atoms with E-state index in [2.05, 4.69) is 9.98 Å². The highest BCUT2D eigenvalue weighted by Crippen LogP contribution is 2.25. The number of nitrogens with zero attached hydrogens (tertiary/aromatic N) is 4. The van der Waals surface area contributed by atoms with Crippen LogP contribution >= 0.6 is 34.5 Å². The number of amidine groups is 1. The predicted octanol–water partition coefficient (Wildman–Crippen LogP) is 4.38. The number of halogens is 2. The van der Waals surface area contributed by atoms with Crippen molar-refractivity contribution in [3.05, 3.63) is 56.2 Å². The van der Waals surface area contributed by atoms with Gasteiger partial charge in [0.2, 0.25) is 5.84 Å². The van der Waals surface area contributed by atoms with Gasteiger partial charge in [0.05, 0.1) is 9.21 Å². The number of piperazine rings is 1. The zero-order chi connectivity index (χ0) is 22.0. The zero-order valence-electron chi connectivity index (χ0n) is 17.0. The molecule has 2 atom stereocenters. The van der Waals surface area contributed by atoms with Gasteiger partial charge in [-0.3, -0.25) is 14.6 Å². The van der Waals surface area contributed by atoms with E-state index in [4.69, 9.17) is 23.2 Å². The third-order valence-corrected chi connectivity index (χ3v) is 6.96. The van der Waals surface area contributed by atoms with Gasteiger partial charge < -0.3 is 9.80 Å². The monoisotopic (exact) mass is 476 g/mol. The van der Waals surface area contributed by atoms with Crippen LogP contribution in [0.2, 0.25) is 9.36 Å². The standard InChI is InChI=1S/C22H22Cl2N4O2S/c1-14-13-27(9-10-28(14)21(29)18-5-6-19(24)31-18)22(30)20-25-8-7-16(12-26-20)15-3-2-4-17(23)11-15/h2-6,11-12,14,16H,7-10,13H2,1H3. The Kier molecular flexibility index (Phi) is 6.74. The molecule has 1 aromatic heterocycles. The van der Waals surface area contributed by atoms with Gasteiger partial charge in [0, 0.05) is 49.4 Å². The van der Waals surface area contributed by atoms with Crippen LogP contribution in [0, 0.1) is 0 Å². The molecule has 0 spiro atoms. The van der Waals surface area contributed by atoms with Gasteiger partial charge in [0.25, 0.3) is 11.8 Å². The number of aliphatic imine (C=N–C) groups is 2. The molecule has 2 unspecified atom stereocenters. The SMILES string of the molecule is CC1CN(C(=O)C2=NCCC(c3cccc(Cl)c3)C=N2)CCN1C(=O)c1ccc(Cl)s1. The van der Waals surface area contributed by atoms with Crippen LogP contribution in [0.5, 0.6) is 0 Å². The average Bonchev–Trinajstić information content (AvgIpc) is 3.04. The van der Waals surface area contributed by atoms with Gasteiger partial charge in [-0.1, -0.05) is 35.3 Å². The lowest BCUT2D eigenvalue weighted by atomic mass is 9.97. The highest BCUT2D eigenvalue weighted by atomic mass is 35.5. The summed E-state index contributed by atoms with van der Waals surface area (Å²) < 4.78 is 0.588. The first-order valence-electron chi connectivity index (χ1n) is 10.1. The van der Waals surface area contributed by atoms with Gasteiger partial charge in [0.1, 0.15) is 0 Å².